The molecule has 3 aromatic heterocycles. The Kier molecular flexibility index (Phi) is 6.06. The van der Waals surface area contributed by atoms with Crippen molar-refractivity contribution in [1.82, 2.24) is 24.5 Å². The van der Waals surface area contributed by atoms with Crippen LogP contribution in [0.15, 0.2) is 54.9 Å². The summed E-state index contributed by atoms with van der Waals surface area (Å²) in [6, 6.07) is 10.7. The SMILES string of the molecule is Cn1ccc(-c2cc(Oc3ccc(NC(=O)Nc4cc(C(C)(C)C)nn4C)c(F)c3)ccn2)n1. The highest BCUT2D eigenvalue weighted by Gasteiger charge is 2.20. The Morgan fingerprint density at radius 1 is 0.971 bits per heavy atom. The molecule has 0 unspecified atom stereocenters. The molecule has 0 bridgehead atoms. The van der Waals surface area contributed by atoms with Crippen LogP contribution in [0.1, 0.15) is 26.5 Å². The van der Waals surface area contributed by atoms with Crippen molar-refractivity contribution >= 4 is 17.5 Å². The van der Waals surface area contributed by atoms with Gasteiger partial charge in [-0.3, -0.25) is 19.7 Å². The number of pyridine rings is 1. The first-order valence-electron chi connectivity index (χ1n) is 10.6. The van der Waals surface area contributed by atoms with Crippen molar-refractivity contribution in [2.24, 2.45) is 14.1 Å². The fourth-order valence-corrected chi connectivity index (χ4v) is 3.18. The minimum atomic E-state index is -0.632. The zero-order valence-electron chi connectivity index (χ0n) is 19.6. The average molecular weight is 464 g/mol. The lowest BCUT2D eigenvalue weighted by Crippen LogP contribution is -2.21. The third-order valence-electron chi connectivity index (χ3n) is 5.02. The summed E-state index contributed by atoms with van der Waals surface area (Å²) < 4.78 is 23.7. The van der Waals surface area contributed by atoms with Gasteiger partial charge < -0.3 is 10.1 Å². The fraction of sp³-hybridized carbons (Fsp3) is 0.250. The van der Waals surface area contributed by atoms with Crippen LogP contribution in [-0.2, 0) is 19.5 Å². The van der Waals surface area contributed by atoms with Crippen molar-refractivity contribution in [2.45, 2.75) is 26.2 Å². The maximum atomic E-state index is 14.7. The zero-order chi connectivity index (χ0) is 24.5. The highest BCUT2D eigenvalue weighted by Crippen LogP contribution is 2.28. The lowest BCUT2D eigenvalue weighted by atomic mass is 9.92. The standard InChI is InChI=1S/C24H26FN7O2/c1-24(2,3)21-14-22(32(5)30-21)28-23(33)27-18-7-6-15(12-17(18)25)34-16-8-10-26-20(13-16)19-9-11-31(4)29-19/h6-14H,1-5H3,(H2,27,28,33). The number of ether oxygens (including phenoxy) is 1. The van der Waals surface area contributed by atoms with Gasteiger partial charge >= 0.3 is 6.03 Å². The summed E-state index contributed by atoms with van der Waals surface area (Å²) in [7, 11) is 3.55. The Hall–Kier alpha value is -4.21. The molecule has 0 aliphatic rings. The number of nitrogens with zero attached hydrogens (tertiary/aromatic N) is 5. The van der Waals surface area contributed by atoms with Crippen molar-refractivity contribution < 1.29 is 13.9 Å². The number of anilines is 2. The summed E-state index contributed by atoms with van der Waals surface area (Å²) in [6.07, 6.45) is 3.42. The van der Waals surface area contributed by atoms with Crippen LogP contribution in [0.2, 0.25) is 0 Å². The molecule has 0 aliphatic carbocycles. The van der Waals surface area contributed by atoms with E-state index in [1.165, 1.54) is 12.1 Å². The van der Waals surface area contributed by atoms with Gasteiger partial charge in [0.25, 0.3) is 0 Å². The van der Waals surface area contributed by atoms with Crippen LogP contribution in [-0.4, -0.2) is 30.6 Å². The van der Waals surface area contributed by atoms with E-state index in [9.17, 15) is 9.18 Å². The van der Waals surface area contributed by atoms with Gasteiger partial charge in [0.2, 0.25) is 0 Å². The minimum absolute atomic E-state index is 0.0203. The van der Waals surface area contributed by atoms with Gasteiger partial charge in [-0.2, -0.15) is 10.2 Å². The number of aromatic nitrogens is 5. The van der Waals surface area contributed by atoms with Gasteiger partial charge in [-0.05, 0) is 24.3 Å². The molecule has 0 spiro atoms. The Morgan fingerprint density at radius 3 is 2.38 bits per heavy atom. The monoisotopic (exact) mass is 463 g/mol. The molecule has 0 atom stereocenters. The molecule has 3 heterocycles. The number of benzene rings is 1. The van der Waals surface area contributed by atoms with E-state index in [0.29, 0.717) is 23.0 Å². The number of hydrogen-bond acceptors (Lipinski definition) is 5. The van der Waals surface area contributed by atoms with Crippen LogP contribution in [0.5, 0.6) is 11.5 Å². The third kappa shape index (κ3) is 5.22. The van der Waals surface area contributed by atoms with Crippen LogP contribution in [0.3, 0.4) is 0 Å². The maximum Gasteiger partial charge on any atom is 0.324 e. The maximum absolute atomic E-state index is 14.7. The average Bonchev–Trinajstić information content (AvgIpc) is 3.36. The number of rotatable bonds is 5. The molecular weight excluding hydrogens is 437 g/mol. The minimum Gasteiger partial charge on any atom is -0.457 e. The summed E-state index contributed by atoms with van der Waals surface area (Å²) in [5.41, 5.74) is 2.03. The second kappa shape index (κ2) is 8.97. The molecule has 2 N–H and O–H groups in total. The van der Waals surface area contributed by atoms with E-state index in [1.54, 1.807) is 46.9 Å². The van der Waals surface area contributed by atoms with E-state index in [4.69, 9.17) is 4.74 Å². The molecule has 0 radical (unpaired) electrons. The van der Waals surface area contributed by atoms with E-state index in [-0.39, 0.29) is 16.9 Å². The van der Waals surface area contributed by atoms with Crippen LogP contribution >= 0.6 is 0 Å². The predicted octanol–water partition coefficient (Wildman–Crippen LogP) is 5.09. The van der Waals surface area contributed by atoms with Crippen LogP contribution < -0.4 is 15.4 Å². The predicted molar refractivity (Wildman–Crippen MR) is 127 cm³/mol. The van der Waals surface area contributed by atoms with Gasteiger partial charge in [0.1, 0.15) is 28.8 Å². The largest absolute Gasteiger partial charge is 0.457 e. The van der Waals surface area contributed by atoms with Crippen molar-refractivity contribution in [2.75, 3.05) is 10.6 Å². The quantitative estimate of drug-likeness (QED) is 0.430. The molecular formula is C24H26FN7O2. The second-order valence-electron chi connectivity index (χ2n) is 8.86. The van der Waals surface area contributed by atoms with E-state index in [2.05, 4.69) is 25.8 Å². The number of urea groups is 1. The molecule has 9 nitrogen and oxygen atoms in total. The molecule has 34 heavy (non-hydrogen) atoms. The molecule has 4 aromatic rings. The molecule has 1 aromatic carbocycles. The van der Waals surface area contributed by atoms with Gasteiger partial charge in [-0.25, -0.2) is 9.18 Å². The Morgan fingerprint density at radius 2 is 1.74 bits per heavy atom. The van der Waals surface area contributed by atoms with Crippen molar-refractivity contribution in [1.29, 1.82) is 0 Å². The first-order valence-corrected chi connectivity index (χ1v) is 10.6. The number of amides is 2. The molecule has 10 heteroatoms. The van der Waals surface area contributed by atoms with Crippen molar-refractivity contribution in [3.05, 3.63) is 66.4 Å². The number of carbonyl (C=O) groups is 1. The number of carbonyl (C=O) groups excluding carboxylic acids is 1. The summed E-state index contributed by atoms with van der Waals surface area (Å²) >= 11 is 0. The Labute approximate surface area is 196 Å². The van der Waals surface area contributed by atoms with Crippen LogP contribution in [0.4, 0.5) is 20.7 Å². The van der Waals surface area contributed by atoms with Gasteiger partial charge in [0.05, 0.1) is 17.1 Å². The molecule has 2 amide bonds. The lowest BCUT2D eigenvalue weighted by Gasteiger charge is -2.13. The molecule has 0 fully saturated rings. The first kappa shape index (κ1) is 23.0. The van der Waals surface area contributed by atoms with Crippen molar-refractivity contribution in [3.63, 3.8) is 0 Å². The topological polar surface area (TPSA) is 98.9 Å². The van der Waals surface area contributed by atoms with Crippen molar-refractivity contribution in [3.8, 4) is 22.9 Å². The van der Waals surface area contributed by atoms with Crippen LogP contribution in [0, 0.1) is 5.82 Å². The van der Waals surface area contributed by atoms with Gasteiger partial charge in [-0.15, -0.1) is 0 Å². The summed E-state index contributed by atoms with van der Waals surface area (Å²) in [6.45, 7) is 6.09. The third-order valence-corrected chi connectivity index (χ3v) is 5.02. The number of halogens is 1. The molecule has 176 valence electrons. The molecule has 0 saturated heterocycles. The number of aryl methyl sites for hydroxylation is 2. The van der Waals surface area contributed by atoms with Crippen LogP contribution in [0.25, 0.3) is 11.4 Å². The molecule has 0 saturated carbocycles. The molecule has 4 rings (SSSR count). The molecule has 0 aliphatic heterocycles. The van der Waals surface area contributed by atoms with E-state index >= 15 is 0 Å². The first-order chi connectivity index (χ1) is 16.1. The van der Waals surface area contributed by atoms with Gasteiger partial charge in [0, 0.05) is 50.1 Å². The van der Waals surface area contributed by atoms with E-state index in [1.807, 2.05) is 40.1 Å². The number of nitrogens with one attached hydrogen (secondary N) is 2. The number of hydrogen-bond donors (Lipinski definition) is 2. The summed E-state index contributed by atoms with van der Waals surface area (Å²) in [5, 5.41) is 13.9. The normalized spacial score (nSPS) is 11.4. The zero-order valence-corrected chi connectivity index (χ0v) is 19.6. The smallest absolute Gasteiger partial charge is 0.324 e. The van der Waals surface area contributed by atoms with E-state index < -0.39 is 11.8 Å². The lowest BCUT2D eigenvalue weighted by molar-refractivity contribution is 0.262. The van der Waals surface area contributed by atoms with Gasteiger partial charge in [-0.1, -0.05) is 20.8 Å². The fourth-order valence-electron chi connectivity index (χ4n) is 3.18. The summed E-state index contributed by atoms with van der Waals surface area (Å²) in [4.78, 5) is 16.7. The highest BCUT2D eigenvalue weighted by molar-refractivity contribution is 5.99. The Bertz CT molecular complexity index is 1340. The van der Waals surface area contributed by atoms with E-state index in [0.717, 1.165) is 5.69 Å². The highest BCUT2D eigenvalue weighted by atomic mass is 19.1. The summed E-state index contributed by atoms with van der Waals surface area (Å²) in [5.74, 6) is 0.638. The second-order valence-corrected chi connectivity index (χ2v) is 8.86. The van der Waals surface area contributed by atoms with Gasteiger partial charge in [0.15, 0.2) is 0 Å². The Balaban J connectivity index is 1.43.